The van der Waals surface area contributed by atoms with Crippen LogP contribution >= 0.6 is 0 Å². The van der Waals surface area contributed by atoms with Gasteiger partial charge in [0.2, 0.25) is 0 Å². The van der Waals surface area contributed by atoms with E-state index in [1.807, 2.05) is 41.3 Å². The maximum Gasteiger partial charge on any atom is 0.252 e. The molecule has 0 aliphatic carbocycles. The molecular formula is C18H19N7O. The molecule has 26 heavy (non-hydrogen) atoms. The molecule has 0 bridgehead atoms. The Bertz CT molecular complexity index is 831. The molecule has 3 aromatic rings. The predicted molar refractivity (Wildman–Crippen MR) is 93.0 cm³/mol. The maximum absolute atomic E-state index is 13.2. The van der Waals surface area contributed by atoms with E-state index >= 15 is 0 Å². The third-order valence-corrected chi connectivity index (χ3v) is 4.81. The number of rotatable bonds is 4. The SMILES string of the molecule is O=C([C@H](c1ccccc1)n1cnnn1)N1CCC(c2ccncn2)CC1. The van der Waals surface area contributed by atoms with Crippen LogP contribution in [0.25, 0.3) is 0 Å². The minimum atomic E-state index is -0.540. The lowest BCUT2D eigenvalue weighted by atomic mass is 9.92. The molecule has 1 aliphatic rings. The van der Waals surface area contributed by atoms with Crippen molar-refractivity contribution in [2.45, 2.75) is 24.8 Å². The van der Waals surface area contributed by atoms with Crippen molar-refractivity contribution in [2.24, 2.45) is 0 Å². The van der Waals surface area contributed by atoms with Crippen molar-refractivity contribution in [1.29, 1.82) is 0 Å². The van der Waals surface area contributed by atoms with Crippen LogP contribution in [0.2, 0.25) is 0 Å². The van der Waals surface area contributed by atoms with Gasteiger partial charge in [-0.3, -0.25) is 4.79 Å². The molecule has 1 fully saturated rings. The lowest BCUT2D eigenvalue weighted by Crippen LogP contribution is -2.42. The molecule has 1 saturated heterocycles. The standard InChI is InChI=1S/C18H19N7O/c26-18(17(25-13-21-22-23-25)15-4-2-1-3-5-15)24-10-7-14(8-11-24)16-6-9-19-12-20-16/h1-6,9,12-14,17H,7-8,10-11H2/t17-/m0/s1. The van der Waals surface area contributed by atoms with E-state index in [0.717, 1.165) is 24.1 Å². The normalized spacial score (nSPS) is 16.4. The molecule has 0 radical (unpaired) electrons. The van der Waals surface area contributed by atoms with Crippen LogP contribution < -0.4 is 0 Å². The average molecular weight is 349 g/mol. The van der Waals surface area contributed by atoms with E-state index in [2.05, 4.69) is 25.5 Å². The third-order valence-electron chi connectivity index (χ3n) is 4.81. The highest BCUT2D eigenvalue weighted by Crippen LogP contribution is 2.28. The Labute approximate surface area is 150 Å². The molecule has 132 valence electrons. The number of carbonyl (C=O) groups is 1. The zero-order valence-corrected chi connectivity index (χ0v) is 14.2. The largest absolute Gasteiger partial charge is 0.340 e. The summed E-state index contributed by atoms with van der Waals surface area (Å²) in [5.41, 5.74) is 1.93. The van der Waals surface area contributed by atoms with Crippen molar-refractivity contribution in [2.75, 3.05) is 13.1 Å². The minimum Gasteiger partial charge on any atom is -0.340 e. The smallest absolute Gasteiger partial charge is 0.252 e. The van der Waals surface area contributed by atoms with Crippen LogP contribution in [0.15, 0.2) is 55.2 Å². The molecule has 1 aliphatic heterocycles. The minimum absolute atomic E-state index is 0.0182. The molecule has 8 heteroatoms. The van der Waals surface area contributed by atoms with Crippen LogP contribution in [0.5, 0.6) is 0 Å². The Hall–Kier alpha value is -3.16. The van der Waals surface area contributed by atoms with Gasteiger partial charge in [0.05, 0.1) is 0 Å². The molecule has 0 spiro atoms. The lowest BCUT2D eigenvalue weighted by Gasteiger charge is -2.34. The molecule has 4 rings (SSSR count). The number of nitrogens with zero attached hydrogens (tertiary/aromatic N) is 7. The highest BCUT2D eigenvalue weighted by Gasteiger charge is 2.31. The Morgan fingerprint density at radius 2 is 1.92 bits per heavy atom. The lowest BCUT2D eigenvalue weighted by molar-refractivity contribution is -0.135. The number of hydrogen-bond donors (Lipinski definition) is 0. The van der Waals surface area contributed by atoms with Crippen LogP contribution in [0, 0.1) is 0 Å². The van der Waals surface area contributed by atoms with Gasteiger partial charge in [-0.15, -0.1) is 5.10 Å². The summed E-state index contributed by atoms with van der Waals surface area (Å²) in [6, 6.07) is 11.0. The molecule has 8 nitrogen and oxygen atoms in total. The van der Waals surface area contributed by atoms with Crippen LogP contribution in [0.3, 0.4) is 0 Å². The number of piperidine rings is 1. The maximum atomic E-state index is 13.2. The molecule has 3 heterocycles. The van der Waals surface area contributed by atoms with Gasteiger partial charge in [-0.25, -0.2) is 14.6 Å². The Morgan fingerprint density at radius 1 is 1.12 bits per heavy atom. The van der Waals surface area contributed by atoms with Gasteiger partial charge in [0.15, 0.2) is 6.04 Å². The van der Waals surface area contributed by atoms with Crippen molar-refractivity contribution in [1.82, 2.24) is 35.1 Å². The summed E-state index contributed by atoms with van der Waals surface area (Å²) in [4.78, 5) is 23.4. The predicted octanol–water partition coefficient (Wildman–Crippen LogP) is 1.46. The molecule has 0 unspecified atom stereocenters. The van der Waals surface area contributed by atoms with Crippen molar-refractivity contribution >= 4 is 5.91 Å². The highest BCUT2D eigenvalue weighted by molar-refractivity contribution is 5.83. The van der Waals surface area contributed by atoms with E-state index < -0.39 is 6.04 Å². The fraction of sp³-hybridized carbons (Fsp3) is 0.333. The highest BCUT2D eigenvalue weighted by atomic mass is 16.2. The number of benzene rings is 1. The topological polar surface area (TPSA) is 89.7 Å². The second-order valence-corrected chi connectivity index (χ2v) is 6.34. The first-order valence-electron chi connectivity index (χ1n) is 8.65. The second kappa shape index (κ2) is 7.38. The third kappa shape index (κ3) is 3.30. The van der Waals surface area contributed by atoms with Gasteiger partial charge in [-0.1, -0.05) is 30.3 Å². The van der Waals surface area contributed by atoms with Gasteiger partial charge in [0.25, 0.3) is 5.91 Å². The summed E-state index contributed by atoms with van der Waals surface area (Å²) in [6.45, 7) is 1.39. The van der Waals surface area contributed by atoms with Gasteiger partial charge >= 0.3 is 0 Å². The molecule has 1 amide bonds. The Kier molecular flexibility index (Phi) is 4.63. The summed E-state index contributed by atoms with van der Waals surface area (Å²) >= 11 is 0. The van der Waals surface area contributed by atoms with Gasteiger partial charge in [0, 0.05) is 30.9 Å². The molecule has 2 aromatic heterocycles. The number of hydrogen-bond acceptors (Lipinski definition) is 6. The molecule has 0 saturated carbocycles. The number of carbonyl (C=O) groups excluding carboxylic acids is 1. The van der Waals surface area contributed by atoms with Crippen LogP contribution in [0.1, 0.15) is 36.1 Å². The van der Waals surface area contributed by atoms with E-state index in [0.29, 0.717) is 19.0 Å². The van der Waals surface area contributed by atoms with Crippen LogP contribution in [-0.4, -0.2) is 54.1 Å². The molecule has 1 aromatic carbocycles. The number of aromatic nitrogens is 6. The van der Waals surface area contributed by atoms with E-state index in [1.54, 1.807) is 12.5 Å². The van der Waals surface area contributed by atoms with Crippen molar-refractivity contribution in [3.8, 4) is 0 Å². The van der Waals surface area contributed by atoms with Crippen molar-refractivity contribution in [3.05, 3.63) is 66.5 Å². The molecule has 0 N–H and O–H groups in total. The first kappa shape index (κ1) is 16.3. The molecular weight excluding hydrogens is 330 g/mol. The Balaban J connectivity index is 1.51. The fourth-order valence-corrected chi connectivity index (χ4v) is 3.44. The van der Waals surface area contributed by atoms with E-state index in [1.165, 1.54) is 11.0 Å². The van der Waals surface area contributed by atoms with Crippen molar-refractivity contribution < 1.29 is 4.79 Å². The fourth-order valence-electron chi connectivity index (χ4n) is 3.44. The van der Waals surface area contributed by atoms with Gasteiger partial charge in [-0.05, 0) is 34.9 Å². The summed E-state index contributed by atoms with van der Waals surface area (Å²) in [7, 11) is 0. The van der Waals surface area contributed by atoms with Crippen molar-refractivity contribution in [3.63, 3.8) is 0 Å². The van der Waals surface area contributed by atoms with Gasteiger partial charge in [0.1, 0.15) is 12.7 Å². The summed E-state index contributed by atoms with van der Waals surface area (Å²) in [5, 5.41) is 11.4. The van der Waals surface area contributed by atoms with Crippen LogP contribution in [-0.2, 0) is 4.79 Å². The Morgan fingerprint density at radius 3 is 2.58 bits per heavy atom. The zero-order chi connectivity index (χ0) is 17.8. The van der Waals surface area contributed by atoms with Gasteiger partial charge in [-0.2, -0.15) is 0 Å². The number of tetrazole rings is 1. The van der Waals surface area contributed by atoms with E-state index in [4.69, 9.17) is 0 Å². The second-order valence-electron chi connectivity index (χ2n) is 6.34. The first-order valence-corrected chi connectivity index (χ1v) is 8.65. The first-order chi connectivity index (χ1) is 12.8. The van der Waals surface area contributed by atoms with E-state index in [9.17, 15) is 4.79 Å². The number of likely N-dealkylation sites (tertiary alicyclic amines) is 1. The summed E-state index contributed by atoms with van der Waals surface area (Å²) in [6.07, 6.45) is 6.61. The molecule has 1 atom stereocenters. The van der Waals surface area contributed by atoms with E-state index in [-0.39, 0.29) is 5.91 Å². The van der Waals surface area contributed by atoms with Crippen LogP contribution in [0.4, 0.5) is 0 Å². The monoisotopic (exact) mass is 349 g/mol. The number of amides is 1. The zero-order valence-electron chi connectivity index (χ0n) is 14.2. The van der Waals surface area contributed by atoms with Gasteiger partial charge < -0.3 is 4.90 Å². The summed E-state index contributed by atoms with van der Waals surface area (Å²) < 4.78 is 1.52. The summed E-state index contributed by atoms with van der Waals surface area (Å²) in [5.74, 6) is 0.384. The quantitative estimate of drug-likeness (QED) is 0.708. The average Bonchev–Trinajstić information content (AvgIpc) is 3.24.